The number of hydrogen-bond donors (Lipinski definition) is 3. The van der Waals surface area contributed by atoms with Gasteiger partial charge in [-0.25, -0.2) is 4.98 Å². The van der Waals surface area contributed by atoms with Crippen molar-refractivity contribution < 1.29 is 9.70 Å². The lowest BCUT2D eigenvalue weighted by atomic mass is 10.1. The second-order valence-corrected chi connectivity index (χ2v) is 8.38. The van der Waals surface area contributed by atoms with Crippen LogP contribution < -0.4 is 11.2 Å². The molecule has 0 bridgehead atoms. The van der Waals surface area contributed by atoms with E-state index in [1.807, 2.05) is 30.5 Å². The van der Waals surface area contributed by atoms with Gasteiger partial charge in [0.25, 0.3) is 5.84 Å². The fourth-order valence-corrected chi connectivity index (χ4v) is 4.62. The summed E-state index contributed by atoms with van der Waals surface area (Å²) in [5.74, 6) is 7.57. The molecular weight excluding hydrogens is 400 g/mol. The van der Waals surface area contributed by atoms with Crippen molar-refractivity contribution in [1.29, 1.82) is 0 Å². The summed E-state index contributed by atoms with van der Waals surface area (Å²) in [4.78, 5) is 14.2. The van der Waals surface area contributed by atoms with E-state index in [1.54, 1.807) is 12.4 Å². The van der Waals surface area contributed by atoms with Crippen molar-refractivity contribution in [3.8, 4) is 11.3 Å². The fraction of sp³-hybridized carbons (Fsp3) is 0.160. The van der Waals surface area contributed by atoms with E-state index in [0.717, 1.165) is 45.0 Å². The first-order valence-corrected chi connectivity index (χ1v) is 10.7. The molecule has 158 valence electrons. The number of aromatic nitrogens is 1. The van der Waals surface area contributed by atoms with Gasteiger partial charge >= 0.3 is 0 Å². The van der Waals surface area contributed by atoms with Crippen LogP contribution in [0.1, 0.15) is 12.0 Å². The summed E-state index contributed by atoms with van der Waals surface area (Å²) in [7, 11) is 0. The zero-order valence-electron chi connectivity index (χ0n) is 17.4. The Hall–Kier alpha value is -3.49. The topological polar surface area (TPSA) is 95.9 Å². The number of nitrogens with zero attached hydrogens (tertiary/aromatic N) is 4. The van der Waals surface area contributed by atoms with Crippen molar-refractivity contribution in [2.45, 2.75) is 18.6 Å². The van der Waals surface area contributed by atoms with E-state index in [0.29, 0.717) is 13.0 Å². The van der Waals surface area contributed by atoms with Gasteiger partial charge in [-0.1, -0.05) is 48.5 Å². The molecule has 7 nitrogen and oxygen atoms in total. The average Bonchev–Trinajstić information content (AvgIpc) is 3.39. The highest BCUT2D eigenvalue weighted by atomic mass is 16.3. The number of nitrogens with one attached hydrogen (secondary N) is 1. The maximum atomic E-state index is 10.0. The predicted octanol–water partition coefficient (Wildman–Crippen LogP) is 2.95. The third kappa shape index (κ3) is 3.03. The fourth-order valence-electron chi connectivity index (χ4n) is 4.62. The first kappa shape index (κ1) is 19.2. The molecule has 7 heteroatoms. The SMILES string of the molecule is N[N+]12C=CN=CC1=C(c1ccc3ccc(-c4ccccc4)nc3c1)N=C2C1CC(O)CN1. The van der Waals surface area contributed by atoms with Crippen LogP contribution in [-0.2, 0) is 0 Å². The first-order chi connectivity index (χ1) is 15.6. The van der Waals surface area contributed by atoms with Crippen LogP contribution in [0, 0.1) is 0 Å². The molecule has 4 heterocycles. The summed E-state index contributed by atoms with van der Waals surface area (Å²) in [5.41, 5.74) is 5.44. The molecule has 0 radical (unpaired) electrons. The molecule has 32 heavy (non-hydrogen) atoms. The van der Waals surface area contributed by atoms with Crippen LogP contribution in [-0.4, -0.2) is 45.4 Å². The minimum Gasteiger partial charge on any atom is -0.392 e. The molecule has 3 atom stereocenters. The second kappa shape index (κ2) is 7.29. The van der Waals surface area contributed by atoms with E-state index >= 15 is 0 Å². The van der Waals surface area contributed by atoms with E-state index in [9.17, 15) is 5.11 Å². The summed E-state index contributed by atoms with van der Waals surface area (Å²) >= 11 is 0. The maximum Gasteiger partial charge on any atom is 0.250 e. The Balaban J connectivity index is 1.46. The van der Waals surface area contributed by atoms with Gasteiger partial charge in [0.1, 0.15) is 17.9 Å². The highest BCUT2D eigenvalue weighted by Gasteiger charge is 2.48. The number of rotatable bonds is 3. The maximum absolute atomic E-state index is 10.0. The molecule has 0 spiro atoms. The lowest BCUT2D eigenvalue weighted by Gasteiger charge is -2.28. The average molecular weight is 424 g/mol. The van der Waals surface area contributed by atoms with Gasteiger partial charge in [-0.2, -0.15) is 10.8 Å². The van der Waals surface area contributed by atoms with Crippen molar-refractivity contribution in [2.75, 3.05) is 6.54 Å². The Labute approximate surface area is 185 Å². The van der Waals surface area contributed by atoms with Gasteiger partial charge in [-0.05, 0) is 12.1 Å². The molecule has 4 N–H and O–H groups in total. The molecule has 0 saturated carbocycles. The third-order valence-electron chi connectivity index (χ3n) is 6.29. The number of hydrogen-bond acceptors (Lipinski definition) is 6. The predicted molar refractivity (Wildman–Crippen MR) is 126 cm³/mol. The standard InChI is InChI=1S/C25H23N6O/c26-31-11-10-27-15-23(31)24(30-25(31)22-13-19(32)14-28-22)18-7-6-17-8-9-20(29-21(17)12-18)16-4-2-1-3-5-16/h1-12,15,19,22,28,32H,13-14,26H2/q+1. The zero-order valence-corrected chi connectivity index (χ0v) is 17.4. The number of allylic oxidation sites excluding steroid dienone is 1. The number of nitrogens with two attached hydrogens (primary N) is 1. The Kier molecular flexibility index (Phi) is 4.38. The van der Waals surface area contributed by atoms with Gasteiger partial charge in [0.2, 0.25) is 5.70 Å². The highest BCUT2D eigenvalue weighted by molar-refractivity contribution is 6.02. The minimum absolute atomic E-state index is 0.0290. The zero-order chi connectivity index (χ0) is 21.7. The Morgan fingerprint density at radius 2 is 1.88 bits per heavy atom. The number of amidine groups is 1. The van der Waals surface area contributed by atoms with E-state index in [2.05, 4.69) is 46.7 Å². The normalized spacial score (nSPS) is 26.6. The molecule has 1 fully saturated rings. The Bertz CT molecular complexity index is 1340. The molecule has 0 amide bonds. The molecule has 0 aliphatic carbocycles. The second-order valence-electron chi connectivity index (χ2n) is 8.38. The third-order valence-corrected chi connectivity index (χ3v) is 6.29. The molecule has 3 aromatic rings. The van der Waals surface area contributed by atoms with E-state index in [1.165, 1.54) is 0 Å². The van der Waals surface area contributed by atoms with E-state index in [4.69, 9.17) is 15.8 Å². The molecule has 3 unspecified atom stereocenters. The number of pyridine rings is 1. The van der Waals surface area contributed by atoms with Crippen molar-refractivity contribution in [1.82, 2.24) is 10.3 Å². The number of quaternary nitrogens is 1. The molecule has 1 saturated heterocycles. The van der Waals surface area contributed by atoms with Gasteiger partial charge < -0.3 is 10.4 Å². The number of aliphatic hydroxyl groups is 1. The quantitative estimate of drug-likeness (QED) is 0.446. The van der Waals surface area contributed by atoms with E-state index < -0.39 is 6.10 Å². The van der Waals surface area contributed by atoms with Crippen LogP contribution in [0.15, 0.2) is 88.7 Å². The smallest absolute Gasteiger partial charge is 0.250 e. The summed E-state index contributed by atoms with van der Waals surface area (Å²) < 4.78 is -0.0290. The van der Waals surface area contributed by atoms with Crippen molar-refractivity contribution in [2.24, 2.45) is 15.8 Å². The van der Waals surface area contributed by atoms with Gasteiger partial charge in [0.15, 0.2) is 0 Å². The molecular formula is C25H23N6O+. The molecule has 3 aliphatic heterocycles. The lowest BCUT2D eigenvalue weighted by molar-refractivity contribution is -0.752. The summed E-state index contributed by atoms with van der Waals surface area (Å²) in [6.07, 6.45) is 5.49. The number of aliphatic imine (C=N–C) groups is 2. The molecule has 2 aromatic carbocycles. The van der Waals surface area contributed by atoms with Gasteiger partial charge in [-0.15, -0.1) is 4.59 Å². The van der Waals surface area contributed by atoms with Crippen molar-refractivity contribution in [3.05, 3.63) is 84.3 Å². The van der Waals surface area contributed by atoms with Crippen LogP contribution in [0.2, 0.25) is 0 Å². The van der Waals surface area contributed by atoms with Gasteiger partial charge in [0.05, 0.1) is 29.7 Å². The largest absolute Gasteiger partial charge is 0.392 e. The monoisotopic (exact) mass is 423 g/mol. The Morgan fingerprint density at radius 1 is 1.03 bits per heavy atom. The molecule has 3 aliphatic rings. The summed E-state index contributed by atoms with van der Waals surface area (Å²) in [6.45, 7) is 0.536. The summed E-state index contributed by atoms with van der Waals surface area (Å²) in [5, 5.41) is 14.4. The number of fused-ring (bicyclic) bond motifs is 2. The highest BCUT2D eigenvalue weighted by Crippen LogP contribution is 2.37. The summed E-state index contributed by atoms with van der Waals surface area (Å²) in [6, 6.07) is 20.4. The van der Waals surface area contributed by atoms with Crippen molar-refractivity contribution in [3.63, 3.8) is 0 Å². The van der Waals surface area contributed by atoms with Gasteiger partial charge in [0, 0.05) is 29.5 Å². The van der Waals surface area contributed by atoms with Crippen LogP contribution in [0.25, 0.3) is 27.9 Å². The van der Waals surface area contributed by atoms with Gasteiger partial charge in [-0.3, -0.25) is 4.99 Å². The van der Waals surface area contributed by atoms with E-state index in [-0.39, 0.29) is 10.6 Å². The molecule has 1 aromatic heterocycles. The minimum atomic E-state index is -0.398. The first-order valence-electron chi connectivity index (χ1n) is 10.7. The number of β-amino-alcohol motifs (C(OH)–C–C–N with tert-alkyl or cyclic N) is 1. The Morgan fingerprint density at radius 3 is 2.69 bits per heavy atom. The van der Waals surface area contributed by atoms with Crippen molar-refractivity contribution >= 4 is 28.7 Å². The number of benzene rings is 2. The molecule has 6 rings (SSSR count). The van der Waals surface area contributed by atoms with Crippen LogP contribution in [0.5, 0.6) is 0 Å². The van der Waals surface area contributed by atoms with Crippen LogP contribution in [0.4, 0.5) is 0 Å². The van der Waals surface area contributed by atoms with Crippen LogP contribution >= 0.6 is 0 Å². The lowest BCUT2D eigenvalue weighted by Crippen LogP contribution is -2.58. The van der Waals surface area contributed by atoms with Crippen LogP contribution in [0.3, 0.4) is 0 Å². The number of aliphatic hydroxyl groups excluding tert-OH is 1.